The van der Waals surface area contributed by atoms with Crippen molar-refractivity contribution in [1.29, 1.82) is 0 Å². The van der Waals surface area contributed by atoms with Gasteiger partial charge in [-0.3, -0.25) is 0 Å². The van der Waals surface area contributed by atoms with Gasteiger partial charge in [-0.25, -0.2) is 13.2 Å². The van der Waals surface area contributed by atoms with E-state index >= 15 is 4.39 Å². The van der Waals surface area contributed by atoms with Crippen molar-refractivity contribution < 1.29 is 13.2 Å². The van der Waals surface area contributed by atoms with Crippen LogP contribution in [0, 0.1) is 13.8 Å². The number of hydrogen-bond donors (Lipinski definition) is 0. The highest BCUT2D eigenvalue weighted by Gasteiger charge is 2.62. The lowest BCUT2D eigenvalue weighted by molar-refractivity contribution is -0.102. The average Bonchev–Trinajstić information content (AvgIpc) is 2.40. The fraction of sp³-hybridized carbons (Fsp3) is 0.400. The molecule has 2 rings (SSSR count). The highest BCUT2D eigenvalue weighted by atomic mass is 19.3. The van der Waals surface area contributed by atoms with Crippen LogP contribution in [0.4, 0.5) is 13.2 Å². The number of alkyl halides is 3. The Labute approximate surface area is 136 Å². The molecule has 0 heterocycles. The Kier molecular flexibility index (Phi) is 4.36. The molecule has 23 heavy (non-hydrogen) atoms. The SMILES string of the molecule is Cc1ccc(C(c2ccc(C)cc2)(C(C)(C)F)C(C)(F)F)cc1. The van der Waals surface area contributed by atoms with Crippen molar-refractivity contribution in [2.45, 2.75) is 51.6 Å². The van der Waals surface area contributed by atoms with Crippen molar-refractivity contribution in [2.75, 3.05) is 0 Å². The summed E-state index contributed by atoms with van der Waals surface area (Å²) in [6, 6.07) is 13.4. The quantitative estimate of drug-likeness (QED) is 0.649. The van der Waals surface area contributed by atoms with Crippen LogP contribution in [0.5, 0.6) is 0 Å². The van der Waals surface area contributed by atoms with Crippen LogP contribution in [-0.2, 0) is 5.41 Å². The molecule has 0 aliphatic heterocycles. The van der Waals surface area contributed by atoms with Gasteiger partial charge < -0.3 is 0 Å². The van der Waals surface area contributed by atoms with Crippen molar-refractivity contribution >= 4 is 0 Å². The number of aryl methyl sites for hydroxylation is 2. The van der Waals surface area contributed by atoms with Crippen molar-refractivity contribution in [1.82, 2.24) is 0 Å². The Balaban J connectivity index is 2.86. The fourth-order valence-electron chi connectivity index (χ4n) is 3.49. The predicted octanol–water partition coefficient (Wildman–Crippen LogP) is 5.99. The zero-order valence-electron chi connectivity index (χ0n) is 14.3. The molecule has 0 saturated heterocycles. The van der Waals surface area contributed by atoms with Gasteiger partial charge in [-0.15, -0.1) is 0 Å². The Morgan fingerprint density at radius 1 is 0.609 bits per heavy atom. The molecule has 0 fully saturated rings. The maximum atomic E-state index is 15.3. The maximum Gasteiger partial charge on any atom is 0.261 e. The normalized spacial score (nSPS) is 13.2. The van der Waals surface area contributed by atoms with Crippen LogP contribution in [0.1, 0.15) is 43.0 Å². The lowest BCUT2D eigenvalue weighted by atomic mass is 9.61. The van der Waals surface area contributed by atoms with Gasteiger partial charge in [-0.2, -0.15) is 0 Å². The van der Waals surface area contributed by atoms with E-state index in [1.54, 1.807) is 48.5 Å². The Bertz CT molecular complexity index is 595. The second kappa shape index (κ2) is 5.70. The molecule has 0 amide bonds. The summed E-state index contributed by atoms with van der Waals surface area (Å²) >= 11 is 0. The van der Waals surface area contributed by atoms with E-state index in [4.69, 9.17) is 0 Å². The Morgan fingerprint density at radius 3 is 1.13 bits per heavy atom. The second-order valence-electron chi connectivity index (χ2n) is 6.84. The molecule has 2 aromatic rings. The lowest BCUT2D eigenvalue weighted by Gasteiger charge is -2.46. The van der Waals surface area contributed by atoms with Gasteiger partial charge in [-0.1, -0.05) is 59.7 Å². The minimum Gasteiger partial charge on any atom is -0.243 e. The minimum absolute atomic E-state index is 0.284. The summed E-state index contributed by atoms with van der Waals surface area (Å²) in [6.07, 6.45) is 0. The van der Waals surface area contributed by atoms with E-state index in [-0.39, 0.29) is 11.1 Å². The van der Waals surface area contributed by atoms with E-state index in [9.17, 15) is 8.78 Å². The third-order valence-corrected chi connectivity index (χ3v) is 4.52. The van der Waals surface area contributed by atoms with Crippen LogP contribution in [0.15, 0.2) is 48.5 Å². The van der Waals surface area contributed by atoms with Crippen LogP contribution < -0.4 is 0 Å². The minimum atomic E-state index is -3.28. The summed E-state index contributed by atoms with van der Waals surface area (Å²) in [7, 11) is 0. The standard InChI is InChI=1S/C20H23F3/c1-14-6-10-16(11-7-14)20(18(3,4)21,19(5,22)23)17-12-8-15(2)9-13-17/h6-13H,1-5H3. The molecule has 0 nitrogen and oxygen atoms in total. The van der Waals surface area contributed by atoms with E-state index in [0.717, 1.165) is 18.1 Å². The van der Waals surface area contributed by atoms with E-state index in [1.165, 1.54) is 13.8 Å². The highest BCUT2D eigenvalue weighted by molar-refractivity contribution is 5.47. The molecule has 0 bridgehead atoms. The molecule has 0 N–H and O–H groups in total. The van der Waals surface area contributed by atoms with Crippen molar-refractivity contribution in [2.24, 2.45) is 0 Å². The summed E-state index contributed by atoms with van der Waals surface area (Å²) in [6.45, 7) is 7.01. The number of benzene rings is 2. The molecule has 0 aliphatic rings. The van der Waals surface area contributed by atoms with E-state index in [0.29, 0.717) is 0 Å². The van der Waals surface area contributed by atoms with Crippen molar-refractivity contribution in [3.05, 3.63) is 70.8 Å². The van der Waals surface area contributed by atoms with Gasteiger partial charge in [0.25, 0.3) is 5.92 Å². The molecule has 124 valence electrons. The summed E-state index contributed by atoms with van der Waals surface area (Å²) in [5.74, 6) is -3.28. The molecule has 0 atom stereocenters. The highest BCUT2D eigenvalue weighted by Crippen LogP contribution is 2.53. The fourth-order valence-corrected chi connectivity index (χ4v) is 3.49. The predicted molar refractivity (Wildman–Crippen MR) is 88.9 cm³/mol. The molecular formula is C20H23F3. The molecule has 3 heteroatoms. The third-order valence-electron chi connectivity index (χ3n) is 4.52. The zero-order valence-corrected chi connectivity index (χ0v) is 14.3. The first kappa shape index (κ1) is 17.6. The molecule has 0 aliphatic carbocycles. The molecule has 0 spiro atoms. The monoisotopic (exact) mass is 320 g/mol. The van der Waals surface area contributed by atoms with Crippen LogP contribution in [0.25, 0.3) is 0 Å². The second-order valence-corrected chi connectivity index (χ2v) is 6.84. The zero-order chi connectivity index (χ0) is 17.5. The van der Waals surface area contributed by atoms with Gasteiger partial charge in [0.1, 0.15) is 11.1 Å². The van der Waals surface area contributed by atoms with Crippen LogP contribution in [0.2, 0.25) is 0 Å². The Morgan fingerprint density at radius 2 is 0.913 bits per heavy atom. The first-order chi connectivity index (χ1) is 10.5. The first-order valence-electron chi connectivity index (χ1n) is 7.71. The van der Waals surface area contributed by atoms with Crippen molar-refractivity contribution in [3.63, 3.8) is 0 Å². The van der Waals surface area contributed by atoms with Crippen LogP contribution >= 0.6 is 0 Å². The lowest BCUT2D eigenvalue weighted by Crippen LogP contribution is -2.56. The van der Waals surface area contributed by atoms with E-state index in [2.05, 4.69) is 0 Å². The molecule has 2 aromatic carbocycles. The number of hydrogen-bond acceptors (Lipinski definition) is 0. The van der Waals surface area contributed by atoms with Gasteiger partial charge in [0.05, 0.1) is 0 Å². The molecule has 0 unspecified atom stereocenters. The van der Waals surface area contributed by atoms with Gasteiger partial charge in [-0.05, 0) is 38.8 Å². The smallest absolute Gasteiger partial charge is 0.243 e. The summed E-state index contributed by atoms with van der Waals surface area (Å²) in [4.78, 5) is 0. The Hall–Kier alpha value is -1.77. The van der Waals surface area contributed by atoms with Crippen molar-refractivity contribution in [3.8, 4) is 0 Å². The average molecular weight is 320 g/mol. The number of rotatable bonds is 4. The van der Waals surface area contributed by atoms with Gasteiger partial charge in [0.15, 0.2) is 0 Å². The molecule has 0 radical (unpaired) electrons. The van der Waals surface area contributed by atoms with Crippen LogP contribution in [-0.4, -0.2) is 11.6 Å². The van der Waals surface area contributed by atoms with E-state index in [1.807, 2.05) is 13.8 Å². The third kappa shape index (κ3) is 2.89. The summed E-state index contributed by atoms with van der Waals surface area (Å²) in [5.41, 5.74) is -1.75. The topological polar surface area (TPSA) is 0 Å². The summed E-state index contributed by atoms with van der Waals surface area (Å²) in [5, 5.41) is 0. The van der Waals surface area contributed by atoms with Crippen LogP contribution in [0.3, 0.4) is 0 Å². The van der Waals surface area contributed by atoms with Gasteiger partial charge >= 0.3 is 0 Å². The largest absolute Gasteiger partial charge is 0.261 e. The molecule has 0 saturated carbocycles. The van der Waals surface area contributed by atoms with Gasteiger partial charge in [0, 0.05) is 6.92 Å². The number of halogens is 3. The first-order valence-corrected chi connectivity index (χ1v) is 7.71. The maximum absolute atomic E-state index is 15.3. The summed E-state index contributed by atoms with van der Waals surface area (Å²) < 4.78 is 45.0. The van der Waals surface area contributed by atoms with E-state index < -0.39 is 17.0 Å². The van der Waals surface area contributed by atoms with Gasteiger partial charge in [0.2, 0.25) is 0 Å². The molecule has 0 aromatic heterocycles. The molecular weight excluding hydrogens is 297 g/mol.